The fourth-order valence-electron chi connectivity index (χ4n) is 1.45. The fraction of sp³-hybridized carbons (Fsp3) is 0.455. The van der Waals surface area contributed by atoms with Crippen molar-refractivity contribution < 1.29 is 5.11 Å². The molecule has 0 aromatic heterocycles. The molecule has 0 bridgehead atoms. The van der Waals surface area contributed by atoms with E-state index < -0.39 is 5.60 Å². The van der Waals surface area contributed by atoms with Gasteiger partial charge in [-0.2, -0.15) is 0 Å². The smallest absolute Gasteiger partial charge is 0.113 e. The maximum Gasteiger partial charge on any atom is 0.113 e. The zero-order valence-electron chi connectivity index (χ0n) is 8.25. The lowest BCUT2D eigenvalue weighted by atomic mass is 9.86. The van der Waals surface area contributed by atoms with Gasteiger partial charge in [0.1, 0.15) is 7.85 Å². The lowest BCUT2D eigenvalue weighted by molar-refractivity contribution is 0.0284. The molecule has 2 heteroatoms. The average Bonchev–Trinajstić information content (AvgIpc) is 2.18. The van der Waals surface area contributed by atoms with E-state index in [1.165, 1.54) is 0 Å². The Bertz CT molecular complexity index is 262. The minimum absolute atomic E-state index is 0.687. The van der Waals surface area contributed by atoms with Crippen molar-refractivity contribution in [3.63, 3.8) is 0 Å². The molecule has 0 aliphatic heterocycles. The van der Waals surface area contributed by atoms with Crippen LogP contribution in [-0.2, 0) is 5.60 Å². The zero-order chi connectivity index (χ0) is 9.90. The van der Waals surface area contributed by atoms with Crippen LogP contribution in [0.5, 0.6) is 0 Å². The molecule has 0 saturated carbocycles. The van der Waals surface area contributed by atoms with Crippen LogP contribution in [0.4, 0.5) is 0 Å². The van der Waals surface area contributed by atoms with E-state index in [0.717, 1.165) is 23.9 Å². The Hall–Kier alpha value is -0.755. The third kappa shape index (κ3) is 2.13. The maximum absolute atomic E-state index is 10.2. The van der Waals surface area contributed by atoms with Crippen molar-refractivity contribution in [3.05, 3.63) is 29.8 Å². The molecule has 0 aliphatic rings. The van der Waals surface area contributed by atoms with Gasteiger partial charge in [0.15, 0.2) is 0 Å². The summed E-state index contributed by atoms with van der Waals surface area (Å²) >= 11 is 0. The second-order valence-corrected chi connectivity index (χ2v) is 3.36. The molecule has 0 spiro atoms. The number of hydrogen-bond acceptors (Lipinski definition) is 1. The predicted molar refractivity (Wildman–Crippen MR) is 56.3 cm³/mol. The monoisotopic (exact) mass is 174 g/mol. The molecule has 0 fully saturated rings. The molecule has 1 N–H and O–H groups in total. The maximum atomic E-state index is 10.2. The van der Waals surface area contributed by atoms with Crippen LogP contribution in [0.25, 0.3) is 0 Å². The third-order valence-corrected chi connectivity index (χ3v) is 2.62. The Morgan fingerprint density at radius 2 is 1.62 bits per heavy atom. The number of aliphatic hydroxyl groups is 1. The molecule has 0 atom stereocenters. The summed E-state index contributed by atoms with van der Waals surface area (Å²) in [6, 6.07) is 7.43. The van der Waals surface area contributed by atoms with Crippen molar-refractivity contribution >= 4 is 13.3 Å². The first kappa shape index (κ1) is 10.3. The largest absolute Gasteiger partial charge is 0.385 e. The molecule has 1 nitrogen and oxygen atoms in total. The van der Waals surface area contributed by atoms with Crippen LogP contribution in [0.15, 0.2) is 24.3 Å². The first-order chi connectivity index (χ1) is 6.12. The van der Waals surface area contributed by atoms with Crippen molar-refractivity contribution in [1.29, 1.82) is 0 Å². The van der Waals surface area contributed by atoms with Crippen molar-refractivity contribution in [1.82, 2.24) is 0 Å². The Labute approximate surface area is 81.2 Å². The van der Waals surface area contributed by atoms with E-state index in [4.69, 9.17) is 7.85 Å². The van der Waals surface area contributed by atoms with E-state index in [0.29, 0.717) is 0 Å². The van der Waals surface area contributed by atoms with Crippen molar-refractivity contribution in [2.45, 2.75) is 32.3 Å². The first-order valence-electron chi connectivity index (χ1n) is 4.70. The van der Waals surface area contributed by atoms with Crippen LogP contribution in [0.1, 0.15) is 32.3 Å². The van der Waals surface area contributed by atoms with Gasteiger partial charge in [0.25, 0.3) is 0 Å². The second-order valence-electron chi connectivity index (χ2n) is 3.36. The highest BCUT2D eigenvalue weighted by Gasteiger charge is 2.23. The molecule has 0 aliphatic carbocycles. The molecule has 1 rings (SSSR count). The minimum Gasteiger partial charge on any atom is -0.385 e. The van der Waals surface area contributed by atoms with Gasteiger partial charge >= 0.3 is 0 Å². The lowest BCUT2D eigenvalue weighted by Gasteiger charge is -2.25. The molecular weight excluding hydrogens is 159 g/mol. The van der Waals surface area contributed by atoms with E-state index in [9.17, 15) is 5.11 Å². The van der Waals surface area contributed by atoms with Crippen LogP contribution in [0.3, 0.4) is 0 Å². The summed E-state index contributed by atoms with van der Waals surface area (Å²) in [5, 5.41) is 10.2. The van der Waals surface area contributed by atoms with E-state index in [-0.39, 0.29) is 0 Å². The van der Waals surface area contributed by atoms with E-state index >= 15 is 0 Å². The van der Waals surface area contributed by atoms with Gasteiger partial charge < -0.3 is 5.11 Å². The van der Waals surface area contributed by atoms with Gasteiger partial charge in [-0.25, -0.2) is 0 Å². The number of rotatable bonds is 3. The molecule has 0 saturated heterocycles. The Morgan fingerprint density at radius 3 is 2.00 bits per heavy atom. The van der Waals surface area contributed by atoms with Gasteiger partial charge in [-0.1, -0.05) is 43.6 Å². The number of hydrogen-bond donors (Lipinski definition) is 1. The van der Waals surface area contributed by atoms with Gasteiger partial charge in [-0.15, -0.1) is 0 Å². The molecule has 13 heavy (non-hydrogen) atoms. The molecule has 1 aromatic carbocycles. The summed E-state index contributed by atoms with van der Waals surface area (Å²) in [6.45, 7) is 3.97. The molecular formula is C11H15BO. The second kappa shape index (κ2) is 3.97. The van der Waals surface area contributed by atoms with Crippen LogP contribution in [0.2, 0.25) is 0 Å². The summed E-state index contributed by atoms with van der Waals surface area (Å²) < 4.78 is 0. The van der Waals surface area contributed by atoms with Gasteiger partial charge in [0.05, 0.1) is 5.60 Å². The highest BCUT2D eigenvalue weighted by Crippen LogP contribution is 2.27. The van der Waals surface area contributed by atoms with E-state index in [2.05, 4.69) is 0 Å². The van der Waals surface area contributed by atoms with Crippen molar-refractivity contribution in [2.24, 2.45) is 0 Å². The minimum atomic E-state index is -0.687. The molecule has 68 valence electrons. The Balaban J connectivity index is 2.99. The molecule has 0 heterocycles. The Kier molecular flexibility index (Phi) is 3.15. The standard InChI is InChI=1S/C11H15BO/c1-3-11(13,4-2)9-5-7-10(12)8-6-9/h5-8,13H,3-4H2,1-2H3. The van der Waals surface area contributed by atoms with E-state index in [1.54, 1.807) is 0 Å². The number of benzene rings is 1. The predicted octanol–water partition coefficient (Wildman–Crippen LogP) is 1.49. The lowest BCUT2D eigenvalue weighted by Crippen LogP contribution is -2.23. The summed E-state index contributed by atoms with van der Waals surface area (Å²) in [5.41, 5.74) is 0.998. The van der Waals surface area contributed by atoms with Crippen molar-refractivity contribution in [3.8, 4) is 0 Å². The summed E-state index contributed by atoms with van der Waals surface area (Å²) in [4.78, 5) is 0. The molecule has 1 aromatic rings. The fourth-order valence-corrected chi connectivity index (χ4v) is 1.45. The summed E-state index contributed by atoms with van der Waals surface area (Å²) in [7, 11) is 5.57. The average molecular weight is 174 g/mol. The Morgan fingerprint density at radius 1 is 1.15 bits per heavy atom. The zero-order valence-corrected chi connectivity index (χ0v) is 8.25. The van der Waals surface area contributed by atoms with Gasteiger partial charge in [-0.3, -0.25) is 0 Å². The summed E-state index contributed by atoms with van der Waals surface area (Å²) in [5.74, 6) is 0. The van der Waals surface area contributed by atoms with Gasteiger partial charge in [0, 0.05) is 0 Å². The van der Waals surface area contributed by atoms with E-state index in [1.807, 2.05) is 38.1 Å². The quantitative estimate of drug-likeness (QED) is 0.688. The van der Waals surface area contributed by atoms with Crippen LogP contribution < -0.4 is 5.46 Å². The third-order valence-electron chi connectivity index (χ3n) is 2.62. The normalized spacial score (nSPS) is 11.6. The molecule has 2 radical (unpaired) electrons. The topological polar surface area (TPSA) is 20.2 Å². The van der Waals surface area contributed by atoms with Gasteiger partial charge in [-0.05, 0) is 18.4 Å². The highest BCUT2D eigenvalue weighted by atomic mass is 16.3. The molecule has 0 amide bonds. The van der Waals surface area contributed by atoms with Crippen LogP contribution in [-0.4, -0.2) is 13.0 Å². The van der Waals surface area contributed by atoms with Gasteiger partial charge in [0.2, 0.25) is 0 Å². The molecule has 0 unspecified atom stereocenters. The van der Waals surface area contributed by atoms with Crippen LogP contribution in [0, 0.1) is 0 Å². The van der Waals surface area contributed by atoms with Crippen LogP contribution >= 0.6 is 0 Å². The van der Waals surface area contributed by atoms with Crippen molar-refractivity contribution in [2.75, 3.05) is 0 Å². The highest BCUT2D eigenvalue weighted by molar-refractivity contribution is 6.32. The SMILES string of the molecule is [B]c1ccc(C(O)(CC)CC)cc1. The first-order valence-corrected chi connectivity index (χ1v) is 4.70. The summed E-state index contributed by atoms with van der Waals surface area (Å²) in [6.07, 6.45) is 1.46.